The van der Waals surface area contributed by atoms with E-state index in [0.29, 0.717) is 0 Å². The van der Waals surface area contributed by atoms with Crippen molar-refractivity contribution in [3.8, 4) is 0 Å². The van der Waals surface area contributed by atoms with Gasteiger partial charge in [-0.15, -0.1) is 11.8 Å². The summed E-state index contributed by atoms with van der Waals surface area (Å²) in [7, 11) is -1.27. The number of anilines is 1. The molecule has 0 saturated carbocycles. The van der Waals surface area contributed by atoms with Crippen LogP contribution >= 0.6 is 11.8 Å². The lowest BCUT2D eigenvalue weighted by Crippen LogP contribution is -2.32. The maximum Gasteiger partial charge on any atom is 0.144 e. The molecule has 0 spiro atoms. The standard InChI is InChI=1S/C13H23NSSi/c1-13(2,3)15-12-10-8-7-9-11(12)14-16(4,5)6/h7-10,14H,1-6H3. The molecule has 1 nitrogen and oxygen atoms in total. The van der Waals surface area contributed by atoms with Crippen LogP contribution in [0.5, 0.6) is 0 Å². The van der Waals surface area contributed by atoms with Gasteiger partial charge >= 0.3 is 0 Å². The number of benzene rings is 1. The van der Waals surface area contributed by atoms with Gasteiger partial charge in [0, 0.05) is 15.3 Å². The molecule has 0 saturated heterocycles. The van der Waals surface area contributed by atoms with E-state index < -0.39 is 8.24 Å². The lowest BCUT2D eigenvalue weighted by Gasteiger charge is -2.25. The first-order valence-corrected chi connectivity index (χ1v) is 10.1. The van der Waals surface area contributed by atoms with Crippen molar-refractivity contribution >= 4 is 25.7 Å². The fourth-order valence-corrected chi connectivity index (χ4v) is 3.54. The molecule has 0 aliphatic carbocycles. The van der Waals surface area contributed by atoms with Gasteiger partial charge in [-0.1, -0.05) is 52.5 Å². The molecule has 0 fully saturated rings. The molecule has 1 rings (SSSR count). The van der Waals surface area contributed by atoms with Gasteiger partial charge in [0.2, 0.25) is 0 Å². The zero-order chi connectivity index (χ0) is 12.4. The van der Waals surface area contributed by atoms with Gasteiger partial charge in [-0.05, 0) is 12.1 Å². The lowest BCUT2D eigenvalue weighted by molar-refractivity contribution is 0.803. The minimum atomic E-state index is -1.27. The van der Waals surface area contributed by atoms with Crippen LogP contribution in [0.15, 0.2) is 29.2 Å². The molecular weight excluding hydrogens is 230 g/mol. The maximum absolute atomic E-state index is 3.69. The SMILES string of the molecule is CC(C)(C)Sc1ccccc1N[Si](C)(C)C. The first-order valence-electron chi connectivity index (χ1n) is 5.74. The van der Waals surface area contributed by atoms with Gasteiger partial charge < -0.3 is 4.98 Å². The molecule has 1 N–H and O–H groups in total. The lowest BCUT2D eigenvalue weighted by atomic mass is 10.3. The molecule has 0 heterocycles. The Bertz CT molecular complexity index is 315. The number of para-hydroxylation sites is 1. The number of nitrogens with one attached hydrogen (secondary N) is 1. The second-order valence-electron chi connectivity index (χ2n) is 6.09. The molecule has 1 aromatic carbocycles. The second-order valence-corrected chi connectivity index (χ2v) is 12.7. The summed E-state index contributed by atoms with van der Waals surface area (Å²) in [5.41, 5.74) is 1.29. The van der Waals surface area contributed by atoms with Crippen molar-refractivity contribution in [1.82, 2.24) is 0 Å². The van der Waals surface area contributed by atoms with Gasteiger partial charge in [0.15, 0.2) is 0 Å². The summed E-state index contributed by atoms with van der Waals surface area (Å²) in [5, 5.41) is 0. The number of thioether (sulfide) groups is 1. The van der Waals surface area contributed by atoms with E-state index >= 15 is 0 Å². The zero-order valence-corrected chi connectivity index (χ0v) is 13.0. The van der Waals surface area contributed by atoms with E-state index in [1.54, 1.807) is 0 Å². The van der Waals surface area contributed by atoms with Gasteiger partial charge in [0.25, 0.3) is 0 Å². The van der Waals surface area contributed by atoms with Crippen LogP contribution < -0.4 is 4.98 Å². The van der Waals surface area contributed by atoms with Crippen LogP contribution in [0, 0.1) is 0 Å². The summed E-state index contributed by atoms with van der Waals surface area (Å²) in [4.78, 5) is 5.05. The highest BCUT2D eigenvalue weighted by Crippen LogP contribution is 2.36. The largest absolute Gasteiger partial charge is 0.410 e. The van der Waals surface area contributed by atoms with Gasteiger partial charge in [-0.25, -0.2) is 0 Å². The highest BCUT2D eigenvalue weighted by atomic mass is 32.2. The Morgan fingerprint density at radius 3 is 2.12 bits per heavy atom. The molecule has 0 aliphatic heterocycles. The second kappa shape index (κ2) is 4.84. The smallest absolute Gasteiger partial charge is 0.144 e. The van der Waals surface area contributed by atoms with Crippen LogP contribution in [0.3, 0.4) is 0 Å². The third kappa shape index (κ3) is 5.08. The molecule has 0 amide bonds. The summed E-state index contributed by atoms with van der Waals surface area (Å²) in [5.74, 6) is 0. The van der Waals surface area contributed by atoms with Crippen LogP contribution in [0.2, 0.25) is 19.6 Å². The molecule has 3 heteroatoms. The fraction of sp³-hybridized carbons (Fsp3) is 0.538. The van der Waals surface area contributed by atoms with Gasteiger partial charge in [0.05, 0.1) is 0 Å². The first kappa shape index (κ1) is 13.7. The third-order valence-corrected chi connectivity index (χ3v) is 4.02. The van der Waals surface area contributed by atoms with Crippen molar-refractivity contribution in [2.24, 2.45) is 0 Å². The van der Waals surface area contributed by atoms with E-state index in [1.165, 1.54) is 10.6 Å². The summed E-state index contributed by atoms with van der Waals surface area (Å²) < 4.78 is 0.261. The van der Waals surface area contributed by atoms with Crippen molar-refractivity contribution in [2.75, 3.05) is 4.98 Å². The molecule has 90 valence electrons. The number of hydrogen-bond donors (Lipinski definition) is 1. The fourth-order valence-electron chi connectivity index (χ4n) is 1.39. The molecule has 0 radical (unpaired) electrons. The van der Waals surface area contributed by atoms with E-state index in [0.717, 1.165) is 0 Å². The van der Waals surface area contributed by atoms with E-state index in [4.69, 9.17) is 0 Å². The number of hydrogen-bond acceptors (Lipinski definition) is 2. The molecule has 0 aromatic heterocycles. The Labute approximate surface area is 105 Å². The van der Waals surface area contributed by atoms with Crippen molar-refractivity contribution in [3.05, 3.63) is 24.3 Å². The van der Waals surface area contributed by atoms with E-state index in [-0.39, 0.29) is 4.75 Å². The quantitative estimate of drug-likeness (QED) is 0.612. The Balaban J connectivity index is 2.92. The normalized spacial score (nSPS) is 12.6. The van der Waals surface area contributed by atoms with Gasteiger partial charge in [0.1, 0.15) is 8.24 Å². The topological polar surface area (TPSA) is 12.0 Å². The third-order valence-electron chi connectivity index (χ3n) is 1.81. The van der Waals surface area contributed by atoms with Crippen LogP contribution in [0.1, 0.15) is 20.8 Å². The molecular formula is C13H23NSSi. The van der Waals surface area contributed by atoms with Crippen molar-refractivity contribution < 1.29 is 0 Å². The number of rotatable bonds is 3. The van der Waals surface area contributed by atoms with Crippen molar-refractivity contribution in [1.29, 1.82) is 0 Å². The molecule has 16 heavy (non-hydrogen) atoms. The molecule has 1 aromatic rings. The minimum absolute atomic E-state index is 0.261. The van der Waals surface area contributed by atoms with Gasteiger partial charge in [-0.2, -0.15) is 0 Å². The highest BCUT2D eigenvalue weighted by Gasteiger charge is 2.18. The summed E-state index contributed by atoms with van der Waals surface area (Å²) in [6.07, 6.45) is 0. The molecule has 0 unspecified atom stereocenters. The predicted octanol–water partition coefficient (Wildman–Crippen LogP) is 4.82. The van der Waals surface area contributed by atoms with Gasteiger partial charge in [-0.3, -0.25) is 0 Å². The predicted molar refractivity (Wildman–Crippen MR) is 79.0 cm³/mol. The van der Waals surface area contributed by atoms with Crippen molar-refractivity contribution in [2.45, 2.75) is 50.1 Å². The molecule has 0 bridgehead atoms. The maximum atomic E-state index is 3.69. The minimum Gasteiger partial charge on any atom is -0.410 e. The average molecular weight is 253 g/mol. The van der Waals surface area contributed by atoms with Crippen LogP contribution in [-0.4, -0.2) is 13.0 Å². The summed E-state index contributed by atoms with van der Waals surface area (Å²) >= 11 is 1.93. The van der Waals surface area contributed by atoms with E-state index in [1.807, 2.05) is 11.8 Å². The molecule has 0 atom stereocenters. The Morgan fingerprint density at radius 1 is 1.06 bits per heavy atom. The average Bonchev–Trinajstić information content (AvgIpc) is 2.03. The summed E-state index contributed by atoms with van der Waals surface area (Å²) in [6.45, 7) is 13.7. The summed E-state index contributed by atoms with van der Waals surface area (Å²) in [6, 6.07) is 8.61. The van der Waals surface area contributed by atoms with E-state index in [9.17, 15) is 0 Å². The van der Waals surface area contributed by atoms with E-state index in [2.05, 4.69) is 69.7 Å². The van der Waals surface area contributed by atoms with Crippen LogP contribution in [0.25, 0.3) is 0 Å². The van der Waals surface area contributed by atoms with Crippen LogP contribution in [-0.2, 0) is 0 Å². The Kier molecular flexibility index (Phi) is 4.13. The van der Waals surface area contributed by atoms with Crippen molar-refractivity contribution in [3.63, 3.8) is 0 Å². The Morgan fingerprint density at radius 2 is 1.62 bits per heavy atom. The highest BCUT2D eigenvalue weighted by molar-refractivity contribution is 8.00. The Hall–Kier alpha value is -0.413. The zero-order valence-electron chi connectivity index (χ0n) is 11.2. The molecule has 0 aliphatic rings. The monoisotopic (exact) mass is 253 g/mol. The van der Waals surface area contributed by atoms with Crippen LogP contribution in [0.4, 0.5) is 5.69 Å². The first-order chi connectivity index (χ1) is 7.17.